The van der Waals surface area contributed by atoms with Crippen LogP contribution < -0.4 is 5.32 Å². The van der Waals surface area contributed by atoms with E-state index in [9.17, 15) is 0 Å². The Morgan fingerprint density at radius 2 is 2.45 bits per heavy atom. The average molecular weight is 172 g/mol. The van der Waals surface area contributed by atoms with Crippen LogP contribution in [0.25, 0.3) is 0 Å². The van der Waals surface area contributed by atoms with Crippen LogP contribution in [0.4, 0.5) is 0 Å². The molecular weight excluding hydrogens is 158 g/mol. The SMILES string of the molecule is C=C(CCl)CC1CC(=C)CN1. The number of rotatable bonds is 3. The molecule has 0 spiro atoms. The predicted octanol–water partition coefficient (Wildman–Crippen LogP) is 2.09. The van der Waals surface area contributed by atoms with Crippen molar-refractivity contribution in [2.24, 2.45) is 0 Å². The molecule has 1 aliphatic rings. The molecule has 1 fully saturated rings. The van der Waals surface area contributed by atoms with Gasteiger partial charge in [-0.05, 0) is 12.8 Å². The van der Waals surface area contributed by atoms with Crippen molar-refractivity contribution in [1.29, 1.82) is 0 Å². The number of nitrogens with one attached hydrogen (secondary N) is 1. The summed E-state index contributed by atoms with van der Waals surface area (Å²) in [5, 5.41) is 3.35. The Balaban J connectivity index is 2.28. The molecule has 1 unspecified atom stereocenters. The largest absolute Gasteiger partial charge is 0.310 e. The van der Waals surface area contributed by atoms with Crippen molar-refractivity contribution in [2.75, 3.05) is 12.4 Å². The monoisotopic (exact) mass is 171 g/mol. The molecule has 2 heteroatoms. The van der Waals surface area contributed by atoms with Crippen LogP contribution in [0.5, 0.6) is 0 Å². The van der Waals surface area contributed by atoms with Gasteiger partial charge in [-0.15, -0.1) is 11.6 Å². The van der Waals surface area contributed by atoms with Gasteiger partial charge in [0.1, 0.15) is 0 Å². The average Bonchev–Trinajstić information content (AvgIpc) is 2.35. The topological polar surface area (TPSA) is 12.0 Å². The lowest BCUT2D eigenvalue weighted by Crippen LogP contribution is -2.21. The normalized spacial score (nSPS) is 24.1. The van der Waals surface area contributed by atoms with Crippen LogP contribution in [0.3, 0.4) is 0 Å². The van der Waals surface area contributed by atoms with Gasteiger partial charge in [0.15, 0.2) is 0 Å². The molecular formula is C9H14ClN. The Labute approximate surface area is 73.1 Å². The maximum Gasteiger partial charge on any atom is 0.0431 e. The van der Waals surface area contributed by atoms with E-state index in [0.29, 0.717) is 11.9 Å². The van der Waals surface area contributed by atoms with Crippen LogP contribution in [-0.4, -0.2) is 18.5 Å². The minimum atomic E-state index is 0.536. The summed E-state index contributed by atoms with van der Waals surface area (Å²) in [6, 6.07) is 0.536. The third-order valence-corrected chi connectivity index (χ3v) is 2.28. The van der Waals surface area contributed by atoms with E-state index in [1.165, 1.54) is 5.57 Å². The summed E-state index contributed by atoms with van der Waals surface area (Å²) in [6.07, 6.45) is 2.07. The van der Waals surface area contributed by atoms with Gasteiger partial charge in [0.25, 0.3) is 0 Å². The van der Waals surface area contributed by atoms with Gasteiger partial charge < -0.3 is 5.32 Å². The highest BCUT2D eigenvalue weighted by molar-refractivity contribution is 6.19. The molecule has 1 aliphatic heterocycles. The van der Waals surface area contributed by atoms with Gasteiger partial charge in [0.05, 0.1) is 0 Å². The van der Waals surface area contributed by atoms with E-state index in [4.69, 9.17) is 11.6 Å². The Hall–Kier alpha value is -0.270. The van der Waals surface area contributed by atoms with Gasteiger partial charge in [-0.2, -0.15) is 0 Å². The number of alkyl halides is 1. The fourth-order valence-corrected chi connectivity index (χ4v) is 1.44. The van der Waals surface area contributed by atoms with Crippen LogP contribution in [-0.2, 0) is 0 Å². The maximum absolute atomic E-state index is 5.62. The molecule has 0 aromatic carbocycles. The predicted molar refractivity (Wildman–Crippen MR) is 50.0 cm³/mol. The molecule has 1 atom stereocenters. The van der Waals surface area contributed by atoms with Crippen LogP contribution in [0, 0.1) is 0 Å². The number of halogens is 1. The quantitative estimate of drug-likeness (QED) is 0.507. The summed E-state index contributed by atoms with van der Waals surface area (Å²) >= 11 is 5.62. The standard InChI is InChI=1S/C9H14ClN/c1-7(5-10)3-9-4-8(2)6-11-9/h9,11H,1-6H2. The van der Waals surface area contributed by atoms with Crippen molar-refractivity contribution >= 4 is 11.6 Å². The van der Waals surface area contributed by atoms with Crippen molar-refractivity contribution in [3.63, 3.8) is 0 Å². The molecule has 0 aromatic rings. The first kappa shape index (κ1) is 8.82. The van der Waals surface area contributed by atoms with Gasteiger partial charge in [-0.1, -0.05) is 24.3 Å². The smallest absolute Gasteiger partial charge is 0.0431 e. The van der Waals surface area contributed by atoms with Crippen LogP contribution in [0.2, 0.25) is 0 Å². The van der Waals surface area contributed by atoms with Gasteiger partial charge in [0, 0.05) is 18.5 Å². The minimum absolute atomic E-state index is 0.536. The van der Waals surface area contributed by atoms with Crippen molar-refractivity contribution in [3.05, 3.63) is 24.3 Å². The van der Waals surface area contributed by atoms with E-state index < -0.39 is 0 Å². The Bertz CT molecular complexity index is 174. The van der Waals surface area contributed by atoms with Crippen molar-refractivity contribution in [3.8, 4) is 0 Å². The zero-order valence-corrected chi connectivity index (χ0v) is 7.45. The fraction of sp³-hybridized carbons (Fsp3) is 0.556. The molecule has 1 heterocycles. The van der Waals surface area contributed by atoms with Crippen molar-refractivity contribution in [2.45, 2.75) is 18.9 Å². The third-order valence-electron chi connectivity index (χ3n) is 1.90. The van der Waals surface area contributed by atoms with Gasteiger partial charge >= 0.3 is 0 Å². The molecule has 1 nitrogen and oxygen atoms in total. The molecule has 0 aliphatic carbocycles. The summed E-state index contributed by atoms with van der Waals surface area (Å²) in [5.41, 5.74) is 2.40. The molecule has 0 aromatic heterocycles. The second kappa shape index (κ2) is 3.93. The molecule has 62 valence electrons. The van der Waals surface area contributed by atoms with E-state index >= 15 is 0 Å². The first-order valence-electron chi connectivity index (χ1n) is 3.85. The molecule has 0 radical (unpaired) electrons. The Kier molecular flexibility index (Phi) is 3.16. The fourth-order valence-electron chi connectivity index (χ4n) is 1.33. The summed E-state index contributed by atoms with van der Waals surface area (Å²) in [6.45, 7) is 8.73. The summed E-state index contributed by atoms with van der Waals surface area (Å²) in [5.74, 6) is 0.574. The van der Waals surface area contributed by atoms with E-state index in [0.717, 1.165) is 25.0 Å². The molecule has 0 bridgehead atoms. The minimum Gasteiger partial charge on any atom is -0.310 e. The summed E-state index contributed by atoms with van der Waals surface area (Å²) in [4.78, 5) is 0. The second-order valence-corrected chi connectivity index (χ2v) is 3.39. The van der Waals surface area contributed by atoms with Crippen LogP contribution in [0.1, 0.15) is 12.8 Å². The third kappa shape index (κ3) is 2.68. The molecule has 0 amide bonds. The highest BCUT2D eigenvalue weighted by Crippen LogP contribution is 2.16. The Morgan fingerprint density at radius 1 is 1.73 bits per heavy atom. The van der Waals surface area contributed by atoms with Gasteiger partial charge in [-0.3, -0.25) is 0 Å². The highest BCUT2D eigenvalue weighted by atomic mass is 35.5. The maximum atomic E-state index is 5.62. The van der Waals surface area contributed by atoms with Crippen molar-refractivity contribution in [1.82, 2.24) is 5.32 Å². The lowest BCUT2D eigenvalue weighted by molar-refractivity contribution is 0.604. The first-order chi connectivity index (χ1) is 5.22. The number of hydrogen-bond donors (Lipinski definition) is 1. The molecule has 1 N–H and O–H groups in total. The van der Waals surface area contributed by atoms with E-state index in [1.54, 1.807) is 0 Å². The lowest BCUT2D eigenvalue weighted by atomic mass is 10.1. The summed E-state index contributed by atoms with van der Waals surface area (Å²) < 4.78 is 0. The Morgan fingerprint density at radius 3 is 2.91 bits per heavy atom. The zero-order chi connectivity index (χ0) is 8.27. The number of hydrogen-bond acceptors (Lipinski definition) is 1. The second-order valence-electron chi connectivity index (χ2n) is 3.12. The van der Waals surface area contributed by atoms with Crippen LogP contribution >= 0.6 is 11.6 Å². The van der Waals surface area contributed by atoms with E-state index in [1.807, 2.05) is 0 Å². The zero-order valence-electron chi connectivity index (χ0n) is 6.70. The summed E-state index contributed by atoms with van der Waals surface area (Å²) in [7, 11) is 0. The molecule has 11 heavy (non-hydrogen) atoms. The van der Waals surface area contributed by atoms with Crippen molar-refractivity contribution < 1.29 is 0 Å². The molecule has 1 rings (SSSR count). The molecule has 1 saturated heterocycles. The van der Waals surface area contributed by atoms with E-state index in [-0.39, 0.29) is 0 Å². The highest BCUT2D eigenvalue weighted by Gasteiger charge is 2.16. The van der Waals surface area contributed by atoms with Gasteiger partial charge in [-0.25, -0.2) is 0 Å². The van der Waals surface area contributed by atoms with E-state index in [2.05, 4.69) is 18.5 Å². The first-order valence-corrected chi connectivity index (χ1v) is 4.38. The lowest BCUT2D eigenvalue weighted by Gasteiger charge is -2.09. The van der Waals surface area contributed by atoms with Gasteiger partial charge in [0.2, 0.25) is 0 Å². The van der Waals surface area contributed by atoms with Crippen LogP contribution in [0.15, 0.2) is 24.3 Å². The molecule has 0 saturated carbocycles.